The van der Waals surface area contributed by atoms with E-state index in [0.29, 0.717) is 6.54 Å². The summed E-state index contributed by atoms with van der Waals surface area (Å²) in [5.74, 6) is 1.80. The second-order valence-corrected chi connectivity index (χ2v) is 6.77. The first kappa shape index (κ1) is 14.2. The summed E-state index contributed by atoms with van der Waals surface area (Å²) in [6, 6.07) is 8.07. The van der Waals surface area contributed by atoms with E-state index < -0.39 is 0 Å². The maximum atomic E-state index is 5.72. The van der Waals surface area contributed by atoms with Crippen molar-refractivity contribution in [3.63, 3.8) is 0 Å². The summed E-state index contributed by atoms with van der Waals surface area (Å²) >= 11 is 1.41. The number of rotatable bonds is 3. The van der Waals surface area contributed by atoms with Crippen LogP contribution in [0.4, 0.5) is 0 Å². The Hall–Kier alpha value is -1.79. The molecular weight excluding hydrogens is 282 g/mol. The van der Waals surface area contributed by atoms with Gasteiger partial charge in [-0.25, -0.2) is 9.97 Å². The largest absolute Gasteiger partial charge is 0.330 e. The van der Waals surface area contributed by atoms with E-state index in [-0.39, 0.29) is 5.41 Å². The highest BCUT2D eigenvalue weighted by atomic mass is 32.1. The van der Waals surface area contributed by atoms with Crippen LogP contribution in [0.2, 0.25) is 0 Å². The number of nitrogens with two attached hydrogens (primary N) is 1. The minimum absolute atomic E-state index is 0.0564. The Kier molecular flexibility index (Phi) is 3.51. The maximum absolute atomic E-state index is 5.72. The third-order valence-electron chi connectivity index (χ3n) is 3.28. The molecule has 0 unspecified atom stereocenters. The van der Waals surface area contributed by atoms with E-state index in [1.807, 2.05) is 18.2 Å². The number of para-hydroxylation sites is 2. The highest BCUT2D eigenvalue weighted by Crippen LogP contribution is 2.26. The van der Waals surface area contributed by atoms with Crippen LogP contribution in [0.25, 0.3) is 16.2 Å². The molecule has 2 aromatic heterocycles. The minimum Gasteiger partial charge on any atom is -0.330 e. The van der Waals surface area contributed by atoms with Crippen LogP contribution in [0.15, 0.2) is 24.3 Å². The Balaban J connectivity index is 2.18. The molecule has 5 nitrogen and oxygen atoms in total. The molecule has 2 heterocycles. The summed E-state index contributed by atoms with van der Waals surface area (Å²) < 4.78 is 6.58. The third-order valence-corrected chi connectivity index (χ3v) is 3.98. The van der Waals surface area contributed by atoms with Gasteiger partial charge >= 0.3 is 0 Å². The van der Waals surface area contributed by atoms with Crippen molar-refractivity contribution < 1.29 is 0 Å². The van der Waals surface area contributed by atoms with Crippen molar-refractivity contribution in [3.8, 4) is 5.13 Å². The molecule has 2 N–H and O–H groups in total. The molecule has 110 valence electrons. The molecule has 0 amide bonds. The first-order valence-corrected chi connectivity index (χ1v) is 7.79. The zero-order valence-electron chi connectivity index (χ0n) is 12.5. The molecule has 3 rings (SSSR count). The van der Waals surface area contributed by atoms with E-state index in [2.05, 4.69) is 40.8 Å². The van der Waals surface area contributed by atoms with Gasteiger partial charge in [-0.1, -0.05) is 32.9 Å². The summed E-state index contributed by atoms with van der Waals surface area (Å²) in [5.41, 5.74) is 7.68. The lowest BCUT2D eigenvalue weighted by Crippen LogP contribution is -2.14. The van der Waals surface area contributed by atoms with E-state index in [1.165, 1.54) is 11.5 Å². The molecule has 0 saturated carbocycles. The Labute approximate surface area is 128 Å². The van der Waals surface area contributed by atoms with E-state index in [4.69, 9.17) is 10.7 Å². The number of nitrogens with zero attached hydrogens (tertiary/aromatic N) is 4. The molecule has 0 aliphatic rings. The number of hydrogen-bond acceptors (Lipinski definition) is 5. The molecule has 0 atom stereocenters. The number of fused-ring (bicyclic) bond motifs is 1. The summed E-state index contributed by atoms with van der Waals surface area (Å²) in [6.07, 6.45) is 0.721. The average molecular weight is 301 g/mol. The van der Waals surface area contributed by atoms with Gasteiger partial charge in [-0.3, -0.25) is 4.57 Å². The van der Waals surface area contributed by atoms with Gasteiger partial charge < -0.3 is 5.73 Å². The van der Waals surface area contributed by atoms with E-state index in [0.717, 1.165) is 34.2 Å². The summed E-state index contributed by atoms with van der Waals surface area (Å²) in [4.78, 5) is 9.38. The van der Waals surface area contributed by atoms with Gasteiger partial charge in [0.15, 0.2) is 0 Å². The standard InChI is InChI=1S/C15H19N5S/c1-15(2,3)13-18-14(21-19-13)20-11-7-5-4-6-10(11)17-12(20)8-9-16/h4-7H,8-9,16H2,1-3H3. The topological polar surface area (TPSA) is 69.6 Å². The summed E-state index contributed by atoms with van der Waals surface area (Å²) in [5, 5.41) is 0.858. The predicted octanol–water partition coefficient (Wildman–Crippen LogP) is 2.68. The van der Waals surface area contributed by atoms with Gasteiger partial charge in [0.25, 0.3) is 0 Å². The zero-order valence-corrected chi connectivity index (χ0v) is 13.3. The van der Waals surface area contributed by atoms with Gasteiger partial charge in [-0.15, -0.1) is 0 Å². The lowest BCUT2D eigenvalue weighted by atomic mass is 9.96. The van der Waals surface area contributed by atoms with E-state index in [9.17, 15) is 0 Å². The molecule has 0 radical (unpaired) electrons. The number of hydrogen-bond donors (Lipinski definition) is 1. The molecule has 1 aromatic carbocycles. The number of imidazole rings is 1. The minimum atomic E-state index is -0.0564. The van der Waals surface area contributed by atoms with Gasteiger partial charge in [0, 0.05) is 23.4 Å². The Morgan fingerprint density at radius 1 is 1.19 bits per heavy atom. The van der Waals surface area contributed by atoms with Crippen molar-refractivity contribution in [1.82, 2.24) is 18.9 Å². The summed E-state index contributed by atoms with van der Waals surface area (Å²) in [6.45, 7) is 6.91. The van der Waals surface area contributed by atoms with Crippen LogP contribution in [-0.4, -0.2) is 25.5 Å². The highest BCUT2D eigenvalue weighted by Gasteiger charge is 2.22. The van der Waals surface area contributed by atoms with E-state index >= 15 is 0 Å². The molecule has 3 aromatic rings. The van der Waals surface area contributed by atoms with Crippen molar-refractivity contribution in [2.45, 2.75) is 32.6 Å². The van der Waals surface area contributed by atoms with Crippen molar-refractivity contribution in [1.29, 1.82) is 0 Å². The van der Waals surface area contributed by atoms with Gasteiger partial charge in [0.05, 0.1) is 11.0 Å². The van der Waals surface area contributed by atoms with Crippen LogP contribution < -0.4 is 5.73 Å². The average Bonchev–Trinajstić information content (AvgIpc) is 3.01. The monoisotopic (exact) mass is 301 g/mol. The molecular formula is C15H19N5S. The van der Waals surface area contributed by atoms with Crippen LogP contribution in [-0.2, 0) is 11.8 Å². The van der Waals surface area contributed by atoms with Crippen molar-refractivity contribution in [3.05, 3.63) is 35.9 Å². The second-order valence-electron chi connectivity index (χ2n) is 6.04. The summed E-state index contributed by atoms with van der Waals surface area (Å²) in [7, 11) is 0. The van der Waals surface area contributed by atoms with E-state index in [1.54, 1.807) is 0 Å². The fourth-order valence-corrected chi connectivity index (χ4v) is 3.09. The van der Waals surface area contributed by atoms with Crippen molar-refractivity contribution >= 4 is 22.6 Å². The first-order chi connectivity index (χ1) is 10.0. The Morgan fingerprint density at radius 3 is 2.62 bits per heavy atom. The van der Waals surface area contributed by atoms with Gasteiger partial charge in [0.1, 0.15) is 11.6 Å². The highest BCUT2D eigenvalue weighted by molar-refractivity contribution is 7.08. The molecule has 6 heteroatoms. The SMILES string of the molecule is CC(C)(C)c1nsc(-n2c(CCN)nc3ccccc32)n1. The predicted molar refractivity (Wildman–Crippen MR) is 86.0 cm³/mol. The Bertz CT molecular complexity index is 766. The Morgan fingerprint density at radius 2 is 1.95 bits per heavy atom. The van der Waals surface area contributed by atoms with Crippen molar-refractivity contribution in [2.24, 2.45) is 5.73 Å². The first-order valence-electron chi connectivity index (χ1n) is 7.01. The quantitative estimate of drug-likeness (QED) is 0.807. The maximum Gasteiger partial charge on any atom is 0.215 e. The van der Waals surface area contributed by atoms with Crippen LogP contribution in [0, 0.1) is 0 Å². The van der Waals surface area contributed by atoms with Crippen LogP contribution in [0.5, 0.6) is 0 Å². The zero-order chi connectivity index (χ0) is 15.0. The fourth-order valence-electron chi connectivity index (χ4n) is 2.20. The normalized spacial score (nSPS) is 12.2. The lowest BCUT2D eigenvalue weighted by molar-refractivity contribution is 0.553. The van der Waals surface area contributed by atoms with Crippen LogP contribution in [0.3, 0.4) is 0 Å². The smallest absolute Gasteiger partial charge is 0.215 e. The molecule has 0 bridgehead atoms. The van der Waals surface area contributed by atoms with Crippen LogP contribution >= 0.6 is 11.5 Å². The van der Waals surface area contributed by atoms with Gasteiger partial charge in [-0.05, 0) is 18.7 Å². The number of aromatic nitrogens is 4. The molecule has 0 spiro atoms. The van der Waals surface area contributed by atoms with Gasteiger partial charge in [0.2, 0.25) is 5.13 Å². The lowest BCUT2D eigenvalue weighted by Gasteiger charge is -2.12. The van der Waals surface area contributed by atoms with Gasteiger partial charge in [-0.2, -0.15) is 4.37 Å². The van der Waals surface area contributed by atoms with Crippen molar-refractivity contribution in [2.75, 3.05) is 6.54 Å². The van der Waals surface area contributed by atoms with Crippen LogP contribution in [0.1, 0.15) is 32.4 Å². The molecule has 0 aliphatic carbocycles. The molecule has 0 fully saturated rings. The molecule has 0 aliphatic heterocycles. The third kappa shape index (κ3) is 2.56. The molecule has 21 heavy (non-hydrogen) atoms. The number of benzene rings is 1. The second kappa shape index (κ2) is 5.20. The fraction of sp³-hybridized carbons (Fsp3) is 0.400. The molecule has 0 saturated heterocycles.